The lowest BCUT2D eigenvalue weighted by Crippen LogP contribution is -2.36. The number of fused-ring (bicyclic) bond motifs is 1. The number of hydrogen-bond acceptors (Lipinski definition) is 4. The molecule has 4 aromatic carbocycles. The van der Waals surface area contributed by atoms with Gasteiger partial charge in [0.15, 0.2) is 0 Å². The summed E-state index contributed by atoms with van der Waals surface area (Å²) in [6.45, 7) is 6.85. The van der Waals surface area contributed by atoms with Gasteiger partial charge in [-0.15, -0.1) is 0 Å². The first-order valence-corrected chi connectivity index (χ1v) is 11.6. The van der Waals surface area contributed by atoms with E-state index in [9.17, 15) is 0 Å². The van der Waals surface area contributed by atoms with E-state index in [2.05, 4.69) is 102 Å². The molecule has 0 radical (unpaired) electrons. The predicted octanol–water partition coefficient (Wildman–Crippen LogP) is 6.18. The molecule has 4 heteroatoms. The van der Waals surface area contributed by atoms with Crippen LogP contribution in [0.5, 0.6) is 5.75 Å². The van der Waals surface area contributed by atoms with Gasteiger partial charge in [-0.3, -0.25) is 0 Å². The van der Waals surface area contributed by atoms with Gasteiger partial charge < -0.3 is 19.7 Å². The van der Waals surface area contributed by atoms with Crippen LogP contribution in [0.4, 0.5) is 11.4 Å². The second-order valence-electron chi connectivity index (χ2n) is 8.54. The fourth-order valence-corrected chi connectivity index (χ4v) is 4.28. The van der Waals surface area contributed by atoms with E-state index in [1.54, 1.807) is 0 Å². The molecule has 33 heavy (non-hydrogen) atoms. The maximum absolute atomic E-state index is 6.30. The van der Waals surface area contributed by atoms with Crippen molar-refractivity contribution in [3.8, 4) is 5.75 Å². The van der Waals surface area contributed by atoms with Gasteiger partial charge in [0.05, 0.1) is 13.2 Å². The molecule has 0 unspecified atom stereocenters. The molecule has 0 aliphatic carbocycles. The van der Waals surface area contributed by atoms with Crippen molar-refractivity contribution in [3.63, 3.8) is 0 Å². The van der Waals surface area contributed by atoms with Crippen molar-refractivity contribution in [2.24, 2.45) is 0 Å². The lowest BCUT2D eigenvalue weighted by atomic mass is 10.0. The number of morpholine rings is 1. The minimum Gasteiger partial charge on any atom is -0.489 e. The number of anilines is 2. The Balaban J connectivity index is 1.33. The van der Waals surface area contributed by atoms with Gasteiger partial charge in [0.2, 0.25) is 0 Å². The van der Waals surface area contributed by atoms with Crippen molar-refractivity contribution in [1.82, 2.24) is 0 Å². The molecule has 0 amide bonds. The minimum atomic E-state index is 0.555. The van der Waals surface area contributed by atoms with E-state index < -0.39 is 0 Å². The Bertz CT molecular complexity index is 1200. The average molecular weight is 439 g/mol. The lowest BCUT2D eigenvalue weighted by molar-refractivity contribution is 0.122. The van der Waals surface area contributed by atoms with Gasteiger partial charge in [0.1, 0.15) is 12.4 Å². The van der Waals surface area contributed by atoms with Crippen LogP contribution in [0.3, 0.4) is 0 Å². The van der Waals surface area contributed by atoms with Crippen molar-refractivity contribution in [1.29, 1.82) is 0 Å². The van der Waals surface area contributed by atoms with Gasteiger partial charge in [-0.2, -0.15) is 0 Å². The van der Waals surface area contributed by atoms with Crippen LogP contribution in [-0.2, 0) is 17.9 Å². The first-order valence-electron chi connectivity index (χ1n) is 11.6. The highest BCUT2D eigenvalue weighted by atomic mass is 16.5. The van der Waals surface area contributed by atoms with Gasteiger partial charge in [0.25, 0.3) is 0 Å². The molecular weight excluding hydrogens is 408 g/mol. The highest BCUT2D eigenvalue weighted by molar-refractivity contribution is 5.88. The van der Waals surface area contributed by atoms with Gasteiger partial charge in [-0.25, -0.2) is 0 Å². The fourth-order valence-electron chi connectivity index (χ4n) is 4.28. The summed E-state index contributed by atoms with van der Waals surface area (Å²) in [5, 5.41) is 6.05. The van der Waals surface area contributed by atoms with Crippen molar-refractivity contribution in [2.45, 2.75) is 20.1 Å². The number of nitrogens with zero attached hydrogens (tertiary/aromatic N) is 1. The van der Waals surface area contributed by atoms with Crippen molar-refractivity contribution in [3.05, 3.63) is 102 Å². The molecule has 1 fully saturated rings. The zero-order valence-electron chi connectivity index (χ0n) is 19.1. The Morgan fingerprint density at radius 1 is 0.848 bits per heavy atom. The molecular formula is C29H30N2O2. The highest BCUT2D eigenvalue weighted by Crippen LogP contribution is 2.30. The third kappa shape index (κ3) is 5.12. The topological polar surface area (TPSA) is 33.7 Å². The third-order valence-electron chi connectivity index (χ3n) is 6.23. The fraction of sp³-hybridized carbons (Fsp3) is 0.241. The zero-order valence-corrected chi connectivity index (χ0v) is 19.1. The maximum Gasteiger partial charge on any atom is 0.125 e. The molecule has 5 rings (SSSR count). The number of ether oxygens (including phenoxy) is 2. The van der Waals surface area contributed by atoms with Crippen molar-refractivity contribution in [2.75, 3.05) is 36.5 Å². The summed E-state index contributed by atoms with van der Waals surface area (Å²) in [7, 11) is 0. The molecule has 1 heterocycles. The van der Waals surface area contributed by atoms with Crippen molar-refractivity contribution < 1.29 is 9.47 Å². The second kappa shape index (κ2) is 9.97. The molecule has 1 saturated heterocycles. The number of hydrogen-bond donors (Lipinski definition) is 1. The molecule has 0 spiro atoms. The number of rotatable bonds is 7. The van der Waals surface area contributed by atoms with E-state index in [1.165, 1.54) is 33.2 Å². The van der Waals surface area contributed by atoms with E-state index >= 15 is 0 Å². The van der Waals surface area contributed by atoms with Crippen LogP contribution in [0, 0.1) is 6.92 Å². The lowest BCUT2D eigenvalue weighted by Gasteiger charge is -2.29. The Morgan fingerprint density at radius 2 is 1.61 bits per heavy atom. The Hall–Kier alpha value is -3.50. The molecule has 1 N–H and O–H groups in total. The molecule has 168 valence electrons. The Kier molecular flexibility index (Phi) is 6.45. The number of nitrogens with one attached hydrogen (secondary N) is 1. The molecule has 4 aromatic rings. The standard InChI is InChI=1S/C29H30N2O2/c1-22-6-8-23(9-7-22)21-33-29-15-10-24-4-2-3-5-27(24)28(29)20-30-25-11-13-26(14-12-25)31-16-18-32-19-17-31/h2-15,30H,16-21H2,1H3. The van der Waals surface area contributed by atoms with E-state index in [-0.39, 0.29) is 0 Å². The largest absolute Gasteiger partial charge is 0.489 e. The molecule has 0 aromatic heterocycles. The van der Waals surface area contributed by atoms with Crippen LogP contribution in [-0.4, -0.2) is 26.3 Å². The summed E-state index contributed by atoms with van der Waals surface area (Å²) >= 11 is 0. The minimum absolute atomic E-state index is 0.555. The molecule has 0 saturated carbocycles. The Labute approximate surface area is 195 Å². The number of benzene rings is 4. The van der Waals surface area contributed by atoms with E-state index in [4.69, 9.17) is 9.47 Å². The summed E-state index contributed by atoms with van der Waals surface area (Å²) in [4.78, 5) is 2.37. The SMILES string of the molecule is Cc1ccc(COc2ccc3ccccc3c2CNc2ccc(N3CCOCC3)cc2)cc1. The third-order valence-corrected chi connectivity index (χ3v) is 6.23. The quantitative estimate of drug-likeness (QED) is 0.374. The van der Waals surface area contributed by atoms with Crippen molar-refractivity contribution >= 4 is 22.1 Å². The molecule has 4 nitrogen and oxygen atoms in total. The summed E-state index contributed by atoms with van der Waals surface area (Å²) in [5.41, 5.74) is 5.96. The van der Waals surface area contributed by atoms with Crippen LogP contribution in [0.1, 0.15) is 16.7 Å². The van der Waals surface area contributed by atoms with Crippen LogP contribution < -0.4 is 15.0 Å². The normalized spacial score (nSPS) is 13.8. The predicted molar refractivity (Wildman–Crippen MR) is 136 cm³/mol. The maximum atomic E-state index is 6.30. The molecule has 0 atom stereocenters. The van der Waals surface area contributed by atoms with E-state index in [0.29, 0.717) is 13.2 Å². The first kappa shape index (κ1) is 21.4. The van der Waals surface area contributed by atoms with Crippen LogP contribution in [0.25, 0.3) is 10.8 Å². The molecule has 1 aliphatic rings. The van der Waals surface area contributed by atoms with Gasteiger partial charge in [-0.05, 0) is 53.6 Å². The average Bonchev–Trinajstić information content (AvgIpc) is 2.88. The summed E-state index contributed by atoms with van der Waals surface area (Å²) < 4.78 is 11.8. The van der Waals surface area contributed by atoms with Gasteiger partial charge >= 0.3 is 0 Å². The Morgan fingerprint density at radius 3 is 2.39 bits per heavy atom. The summed E-state index contributed by atoms with van der Waals surface area (Å²) in [6.07, 6.45) is 0. The smallest absolute Gasteiger partial charge is 0.125 e. The molecule has 0 bridgehead atoms. The molecule has 1 aliphatic heterocycles. The van der Waals surface area contributed by atoms with Crippen LogP contribution in [0.2, 0.25) is 0 Å². The van der Waals surface area contributed by atoms with Gasteiger partial charge in [-0.1, -0.05) is 60.2 Å². The highest BCUT2D eigenvalue weighted by Gasteiger charge is 2.12. The van der Waals surface area contributed by atoms with Crippen LogP contribution >= 0.6 is 0 Å². The number of aryl methyl sites for hydroxylation is 1. The van der Waals surface area contributed by atoms with Crippen LogP contribution in [0.15, 0.2) is 84.9 Å². The summed E-state index contributed by atoms with van der Waals surface area (Å²) in [5.74, 6) is 0.923. The monoisotopic (exact) mass is 438 g/mol. The van der Waals surface area contributed by atoms with Gasteiger partial charge in [0, 0.05) is 36.6 Å². The second-order valence-corrected chi connectivity index (χ2v) is 8.54. The zero-order chi connectivity index (χ0) is 22.5. The summed E-state index contributed by atoms with van der Waals surface area (Å²) in [6, 6.07) is 29.9. The van der Waals surface area contributed by atoms with E-state index in [0.717, 1.165) is 37.7 Å². The van der Waals surface area contributed by atoms with E-state index in [1.807, 2.05) is 0 Å². The first-order chi connectivity index (χ1) is 16.3.